The maximum absolute atomic E-state index is 13.0. The fraction of sp³-hybridized carbons (Fsp3) is 0.190. The Morgan fingerprint density at radius 1 is 1.07 bits per heavy atom. The molecule has 2 aromatic carbocycles. The molecule has 0 unspecified atom stereocenters. The van der Waals surface area contributed by atoms with Gasteiger partial charge in [-0.25, -0.2) is 14.4 Å². The summed E-state index contributed by atoms with van der Waals surface area (Å²) in [4.78, 5) is 21.0. The smallest absolute Gasteiger partial charge is 0.270 e. The number of hydrogen-bond acceptors (Lipinski definition) is 5. The van der Waals surface area contributed by atoms with Crippen molar-refractivity contribution < 1.29 is 13.9 Å². The first-order valence-corrected chi connectivity index (χ1v) is 8.79. The highest BCUT2D eigenvalue weighted by Gasteiger charge is 2.11. The van der Waals surface area contributed by atoms with Gasteiger partial charge in [-0.3, -0.25) is 4.79 Å². The zero-order chi connectivity index (χ0) is 19.9. The van der Waals surface area contributed by atoms with Crippen molar-refractivity contribution in [2.75, 3.05) is 12.4 Å². The molecule has 0 aliphatic rings. The van der Waals surface area contributed by atoms with Crippen LogP contribution in [0.2, 0.25) is 0 Å². The van der Waals surface area contributed by atoms with Gasteiger partial charge < -0.3 is 15.4 Å². The Kier molecular flexibility index (Phi) is 6.16. The maximum Gasteiger partial charge on any atom is 0.270 e. The van der Waals surface area contributed by atoms with Crippen molar-refractivity contribution in [1.29, 1.82) is 0 Å². The summed E-state index contributed by atoms with van der Waals surface area (Å²) in [6.45, 7) is 2.51. The van der Waals surface area contributed by atoms with E-state index in [0.717, 1.165) is 16.9 Å². The van der Waals surface area contributed by atoms with Crippen LogP contribution < -0.4 is 15.4 Å². The lowest BCUT2D eigenvalue weighted by molar-refractivity contribution is 0.0945. The molecule has 3 aromatic rings. The Hall–Kier alpha value is -3.48. The zero-order valence-corrected chi connectivity index (χ0v) is 15.7. The van der Waals surface area contributed by atoms with E-state index >= 15 is 0 Å². The number of amides is 1. The molecule has 1 aromatic heterocycles. The number of nitrogens with one attached hydrogen (secondary N) is 2. The van der Waals surface area contributed by atoms with E-state index in [1.165, 1.54) is 12.1 Å². The second-order valence-electron chi connectivity index (χ2n) is 6.16. The summed E-state index contributed by atoms with van der Waals surface area (Å²) in [5, 5.41) is 5.98. The van der Waals surface area contributed by atoms with Crippen molar-refractivity contribution in [2.24, 2.45) is 0 Å². The number of para-hydroxylation sites is 1. The number of nitrogens with zero attached hydrogens (tertiary/aromatic N) is 2. The highest BCUT2D eigenvalue weighted by molar-refractivity contribution is 5.92. The van der Waals surface area contributed by atoms with E-state index < -0.39 is 0 Å². The maximum atomic E-state index is 13.0. The van der Waals surface area contributed by atoms with Gasteiger partial charge in [0.2, 0.25) is 0 Å². The molecule has 0 fully saturated rings. The van der Waals surface area contributed by atoms with E-state index in [1.54, 1.807) is 32.2 Å². The Labute approximate surface area is 162 Å². The van der Waals surface area contributed by atoms with Crippen LogP contribution in [0, 0.1) is 12.7 Å². The largest absolute Gasteiger partial charge is 0.496 e. The number of anilines is 1. The fourth-order valence-electron chi connectivity index (χ4n) is 2.68. The van der Waals surface area contributed by atoms with Gasteiger partial charge in [0, 0.05) is 24.7 Å². The molecule has 0 radical (unpaired) electrons. The first kappa shape index (κ1) is 19.3. The van der Waals surface area contributed by atoms with Gasteiger partial charge in [-0.1, -0.05) is 30.3 Å². The average molecular weight is 380 g/mol. The van der Waals surface area contributed by atoms with Gasteiger partial charge in [0.15, 0.2) is 0 Å². The molecule has 0 atom stereocenters. The van der Waals surface area contributed by atoms with Crippen molar-refractivity contribution in [3.05, 3.63) is 83.1 Å². The third kappa shape index (κ3) is 5.03. The average Bonchev–Trinajstić information content (AvgIpc) is 2.71. The molecule has 0 spiro atoms. The first-order valence-electron chi connectivity index (χ1n) is 8.79. The summed E-state index contributed by atoms with van der Waals surface area (Å²) in [6, 6.07) is 15.2. The van der Waals surface area contributed by atoms with Crippen LogP contribution in [-0.2, 0) is 13.1 Å². The summed E-state index contributed by atoms with van der Waals surface area (Å²) in [5.41, 5.74) is 2.04. The zero-order valence-electron chi connectivity index (χ0n) is 15.7. The van der Waals surface area contributed by atoms with Gasteiger partial charge >= 0.3 is 0 Å². The van der Waals surface area contributed by atoms with Gasteiger partial charge in [-0.05, 0) is 30.7 Å². The summed E-state index contributed by atoms with van der Waals surface area (Å²) in [7, 11) is 1.62. The number of carbonyl (C=O) groups is 1. The number of ether oxygens (including phenoxy) is 1. The molecule has 2 N–H and O–H groups in total. The van der Waals surface area contributed by atoms with E-state index in [9.17, 15) is 9.18 Å². The SMILES string of the molecule is COc1ccccc1CNc1cc(C(=O)NCc2ccc(F)cc2)nc(C)n1. The molecule has 0 saturated heterocycles. The van der Waals surface area contributed by atoms with Crippen LogP contribution in [0.4, 0.5) is 10.2 Å². The Morgan fingerprint density at radius 3 is 2.57 bits per heavy atom. The normalized spacial score (nSPS) is 10.4. The van der Waals surface area contributed by atoms with E-state index in [2.05, 4.69) is 20.6 Å². The van der Waals surface area contributed by atoms with Crippen LogP contribution in [0.15, 0.2) is 54.6 Å². The number of carbonyl (C=O) groups excluding carboxylic acids is 1. The van der Waals surface area contributed by atoms with E-state index in [1.807, 2.05) is 24.3 Å². The van der Waals surface area contributed by atoms with E-state index in [0.29, 0.717) is 18.2 Å². The molecule has 0 aliphatic carbocycles. The lowest BCUT2D eigenvalue weighted by Crippen LogP contribution is -2.24. The number of methoxy groups -OCH3 is 1. The molecule has 0 saturated carbocycles. The van der Waals surface area contributed by atoms with Crippen LogP contribution in [0.25, 0.3) is 0 Å². The first-order chi connectivity index (χ1) is 13.5. The lowest BCUT2D eigenvalue weighted by atomic mass is 10.2. The number of aromatic nitrogens is 2. The molecule has 28 heavy (non-hydrogen) atoms. The Balaban J connectivity index is 1.66. The van der Waals surface area contributed by atoms with Crippen LogP contribution in [0.5, 0.6) is 5.75 Å². The molecule has 1 heterocycles. The number of halogens is 1. The fourth-order valence-corrected chi connectivity index (χ4v) is 2.68. The van der Waals surface area contributed by atoms with Crippen LogP contribution in [0.1, 0.15) is 27.4 Å². The summed E-state index contributed by atoms with van der Waals surface area (Å²) < 4.78 is 18.3. The standard InChI is InChI=1S/C21H21FN4O2/c1-14-25-18(21(27)24-12-15-7-9-17(22)10-8-15)11-20(26-14)23-13-16-5-3-4-6-19(16)28-2/h3-11H,12-13H2,1-2H3,(H,24,27)(H,23,25,26). The van der Waals surface area contributed by atoms with Gasteiger partial charge in [0.25, 0.3) is 5.91 Å². The van der Waals surface area contributed by atoms with E-state index in [4.69, 9.17) is 4.74 Å². The lowest BCUT2D eigenvalue weighted by Gasteiger charge is -2.11. The van der Waals surface area contributed by atoms with Crippen LogP contribution >= 0.6 is 0 Å². The predicted octanol–water partition coefficient (Wildman–Crippen LogP) is 3.47. The molecule has 3 rings (SSSR count). The summed E-state index contributed by atoms with van der Waals surface area (Å²) >= 11 is 0. The van der Waals surface area contributed by atoms with Crippen LogP contribution in [-0.4, -0.2) is 23.0 Å². The molecular weight excluding hydrogens is 359 g/mol. The van der Waals surface area contributed by atoms with Gasteiger partial charge in [-0.15, -0.1) is 0 Å². The minimum absolute atomic E-state index is 0.261. The third-order valence-corrected chi connectivity index (χ3v) is 4.09. The van der Waals surface area contributed by atoms with Crippen LogP contribution in [0.3, 0.4) is 0 Å². The topological polar surface area (TPSA) is 76.1 Å². The van der Waals surface area contributed by atoms with Crippen molar-refractivity contribution in [3.63, 3.8) is 0 Å². The third-order valence-electron chi connectivity index (χ3n) is 4.09. The molecule has 1 amide bonds. The van der Waals surface area contributed by atoms with Crippen molar-refractivity contribution in [2.45, 2.75) is 20.0 Å². The number of benzene rings is 2. The molecule has 7 heteroatoms. The van der Waals surface area contributed by atoms with Gasteiger partial charge in [0.05, 0.1) is 7.11 Å². The number of hydrogen-bond donors (Lipinski definition) is 2. The van der Waals surface area contributed by atoms with Crippen molar-refractivity contribution in [1.82, 2.24) is 15.3 Å². The quantitative estimate of drug-likeness (QED) is 0.656. The van der Waals surface area contributed by atoms with Crippen molar-refractivity contribution in [3.8, 4) is 5.75 Å². The minimum atomic E-state index is -0.324. The summed E-state index contributed by atoms with van der Waals surface area (Å²) in [5.74, 6) is 1.17. The van der Waals surface area contributed by atoms with Gasteiger partial charge in [-0.2, -0.15) is 0 Å². The highest BCUT2D eigenvalue weighted by Crippen LogP contribution is 2.18. The minimum Gasteiger partial charge on any atom is -0.496 e. The molecule has 6 nitrogen and oxygen atoms in total. The Bertz CT molecular complexity index is 961. The molecular formula is C21H21FN4O2. The highest BCUT2D eigenvalue weighted by atomic mass is 19.1. The van der Waals surface area contributed by atoms with E-state index in [-0.39, 0.29) is 24.0 Å². The second kappa shape index (κ2) is 8.94. The molecule has 0 bridgehead atoms. The molecule has 0 aliphatic heterocycles. The van der Waals surface area contributed by atoms with Crippen molar-refractivity contribution >= 4 is 11.7 Å². The monoisotopic (exact) mass is 380 g/mol. The Morgan fingerprint density at radius 2 is 1.82 bits per heavy atom. The predicted molar refractivity (Wildman–Crippen MR) is 105 cm³/mol. The number of aryl methyl sites for hydroxylation is 1. The molecule has 144 valence electrons. The summed E-state index contributed by atoms with van der Waals surface area (Å²) in [6.07, 6.45) is 0. The number of rotatable bonds is 7. The van der Waals surface area contributed by atoms with Gasteiger partial charge in [0.1, 0.15) is 28.9 Å². The second-order valence-corrected chi connectivity index (χ2v) is 6.16.